The van der Waals surface area contributed by atoms with Crippen LogP contribution < -0.4 is 5.32 Å². The third kappa shape index (κ3) is 6.55. The van der Waals surface area contributed by atoms with E-state index >= 15 is 0 Å². The predicted molar refractivity (Wildman–Crippen MR) is 135 cm³/mol. The first kappa shape index (κ1) is 22.8. The molecular weight excluding hydrogens is 406 g/mol. The number of nitrogens with one attached hydrogen (secondary N) is 1. The average Bonchev–Trinajstić information content (AvgIpc) is 3.18. The Morgan fingerprint density at radius 3 is 2.48 bits per heavy atom. The van der Waals surface area contributed by atoms with Crippen molar-refractivity contribution in [3.63, 3.8) is 0 Å². The highest BCUT2D eigenvalue weighted by atomic mass is 16.1. The van der Waals surface area contributed by atoms with Gasteiger partial charge in [0.1, 0.15) is 5.82 Å². The Hall–Kier alpha value is -3.40. The lowest BCUT2D eigenvalue weighted by molar-refractivity contribution is -0.121. The molecule has 0 fully saturated rings. The van der Waals surface area contributed by atoms with Gasteiger partial charge in [0.05, 0.1) is 11.0 Å². The lowest BCUT2D eigenvalue weighted by Crippen LogP contribution is -2.24. The van der Waals surface area contributed by atoms with E-state index in [2.05, 4.69) is 77.5 Å². The third-order valence-electron chi connectivity index (χ3n) is 6.04. The summed E-state index contributed by atoms with van der Waals surface area (Å²) in [5, 5.41) is 3.06. The zero-order valence-corrected chi connectivity index (χ0v) is 19.5. The van der Waals surface area contributed by atoms with E-state index in [-0.39, 0.29) is 5.91 Å². The van der Waals surface area contributed by atoms with Gasteiger partial charge in [0.15, 0.2) is 0 Å². The van der Waals surface area contributed by atoms with E-state index in [1.807, 2.05) is 18.2 Å². The molecule has 0 aliphatic carbocycles. The number of para-hydroxylation sites is 2. The summed E-state index contributed by atoms with van der Waals surface area (Å²) in [6.45, 7) is 3.72. The maximum atomic E-state index is 12.1. The van der Waals surface area contributed by atoms with Crippen molar-refractivity contribution in [2.75, 3.05) is 6.54 Å². The molecule has 170 valence electrons. The standard InChI is InChI=1S/C29H33N3O/c1-23-11-10-14-25(21-23)22-32-27-16-8-7-15-26(27)31-28(32)17-6-3-9-20-30-29(33)19-18-24-12-4-2-5-13-24/h2,4-5,7-8,10-16,21H,3,6,9,17-20,22H2,1H3,(H,30,33). The number of carbonyl (C=O) groups excluding carboxylic acids is 1. The van der Waals surface area contributed by atoms with Crippen molar-refractivity contribution in [1.82, 2.24) is 14.9 Å². The van der Waals surface area contributed by atoms with Gasteiger partial charge in [-0.15, -0.1) is 0 Å². The van der Waals surface area contributed by atoms with E-state index < -0.39 is 0 Å². The van der Waals surface area contributed by atoms with Gasteiger partial charge in [-0.2, -0.15) is 0 Å². The van der Waals surface area contributed by atoms with Crippen LogP contribution >= 0.6 is 0 Å². The SMILES string of the molecule is Cc1cccc(Cn2c(CCCCCNC(=O)CCc3ccccc3)nc3ccccc32)c1. The van der Waals surface area contributed by atoms with Gasteiger partial charge in [0.2, 0.25) is 5.91 Å². The smallest absolute Gasteiger partial charge is 0.220 e. The predicted octanol–water partition coefficient (Wildman–Crippen LogP) is 5.85. The Bertz CT molecular complexity index is 1180. The summed E-state index contributed by atoms with van der Waals surface area (Å²) in [4.78, 5) is 17.0. The van der Waals surface area contributed by atoms with Crippen LogP contribution in [-0.4, -0.2) is 22.0 Å². The number of aromatic nitrogens is 2. The second-order valence-electron chi connectivity index (χ2n) is 8.74. The van der Waals surface area contributed by atoms with Crippen LogP contribution in [0.15, 0.2) is 78.9 Å². The molecule has 0 saturated carbocycles. The molecule has 0 bridgehead atoms. The van der Waals surface area contributed by atoms with E-state index in [0.717, 1.165) is 56.5 Å². The van der Waals surface area contributed by atoms with Crippen molar-refractivity contribution >= 4 is 16.9 Å². The molecule has 1 amide bonds. The number of imidazole rings is 1. The summed E-state index contributed by atoms with van der Waals surface area (Å²) < 4.78 is 2.36. The van der Waals surface area contributed by atoms with Crippen LogP contribution in [0.4, 0.5) is 0 Å². The molecule has 4 heteroatoms. The number of benzene rings is 3. The van der Waals surface area contributed by atoms with Crippen molar-refractivity contribution in [2.45, 2.75) is 52.0 Å². The lowest BCUT2D eigenvalue weighted by atomic mass is 10.1. The fourth-order valence-electron chi connectivity index (χ4n) is 4.29. The normalized spacial score (nSPS) is 11.1. The fraction of sp³-hybridized carbons (Fsp3) is 0.310. The summed E-state index contributed by atoms with van der Waals surface area (Å²) in [5.41, 5.74) is 6.05. The number of hydrogen-bond donors (Lipinski definition) is 1. The largest absolute Gasteiger partial charge is 0.356 e. The van der Waals surface area contributed by atoms with Gasteiger partial charge in [-0.05, 0) is 49.4 Å². The number of hydrogen-bond acceptors (Lipinski definition) is 2. The number of fused-ring (bicyclic) bond motifs is 1. The fourth-order valence-corrected chi connectivity index (χ4v) is 4.29. The first-order valence-electron chi connectivity index (χ1n) is 12.0. The minimum absolute atomic E-state index is 0.138. The van der Waals surface area contributed by atoms with E-state index in [0.29, 0.717) is 6.42 Å². The van der Waals surface area contributed by atoms with Crippen LogP contribution in [0, 0.1) is 6.92 Å². The Kier molecular flexibility index (Phi) is 7.91. The van der Waals surface area contributed by atoms with Crippen LogP contribution in [0.2, 0.25) is 0 Å². The number of rotatable bonds is 11. The third-order valence-corrected chi connectivity index (χ3v) is 6.04. The average molecular weight is 440 g/mol. The van der Waals surface area contributed by atoms with Gasteiger partial charge in [-0.25, -0.2) is 4.98 Å². The van der Waals surface area contributed by atoms with Crippen molar-refractivity contribution < 1.29 is 4.79 Å². The molecule has 33 heavy (non-hydrogen) atoms. The van der Waals surface area contributed by atoms with E-state index in [1.54, 1.807) is 0 Å². The van der Waals surface area contributed by atoms with E-state index in [9.17, 15) is 4.79 Å². The number of unbranched alkanes of at least 4 members (excludes halogenated alkanes) is 2. The van der Waals surface area contributed by atoms with Crippen LogP contribution in [0.5, 0.6) is 0 Å². The van der Waals surface area contributed by atoms with Gasteiger partial charge in [0.25, 0.3) is 0 Å². The Balaban J connectivity index is 1.25. The first-order chi connectivity index (χ1) is 16.2. The molecule has 3 aromatic carbocycles. The molecule has 1 N–H and O–H groups in total. The molecule has 4 aromatic rings. The van der Waals surface area contributed by atoms with E-state index in [1.165, 1.54) is 22.2 Å². The van der Waals surface area contributed by atoms with Crippen LogP contribution in [0.1, 0.15) is 48.2 Å². The molecule has 0 aliphatic heterocycles. The molecule has 0 saturated heterocycles. The maximum absolute atomic E-state index is 12.1. The molecule has 0 aliphatic rings. The summed E-state index contributed by atoms with van der Waals surface area (Å²) in [5.74, 6) is 1.28. The summed E-state index contributed by atoms with van der Waals surface area (Å²) >= 11 is 0. The minimum atomic E-state index is 0.138. The number of aryl methyl sites for hydroxylation is 3. The van der Waals surface area contributed by atoms with Gasteiger partial charge in [-0.3, -0.25) is 4.79 Å². The molecule has 0 unspecified atom stereocenters. The van der Waals surface area contributed by atoms with E-state index in [4.69, 9.17) is 4.98 Å². The number of amides is 1. The van der Waals surface area contributed by atoms with Gasteiger partial charge >= 0.3 is 0 Å². The van der Waals surface area contributed by atoms with Gasteiger partial charge in [-0.1, -0.05) is 78.7 Å². The summed E-state index contributed by atoms with van der Waals surface area (Å²) in [6.07, 6.45) is 5.43. The van der Waals surface area contributed by atoms with Crippen LogP contribution in [-0.2, 0) is 24.2 Å². The molecular formula is C29H33N3O. The quantitative estimate of drug-likeness (QED) is 0.298. The van der Waals surface area contributed by atoms with Crippen molar-refractivity contribution in [2.24, 2.45) is 0 Å². The summed E-state index contributed by atoms with van der Waals surface area (Å²) in [7, 11) is 0. The molecule has 4 rings (SSSR count). The second kappa shape index (κ2) is 11.5. The monoisotopic (exact) mass is 439 g/mol. The highest BCUT2D eigenvalue weighted by Crippen LogP contribution is 2.20. The van der Waals surface area contributed by atoms with Gasteiger partial charge in [0, 0.05) is 25.9 Å². The maximum Gasteiger partial charge on any atom is 0.220 e. The highest BCUT2D eigenvalue weighted by molar-refractivity contribution is 5.76. The van der Waals surface area contributed by atoms with Crippen molar-refractivity contribution in [3.05, 3.63) is 101 Å². The number of carbonyl (C=O) groups is 1. The summed E-state index contributed by atoms with van der Waals surface area (Å²) in [6, 6.07) is 27.3. The topological polar surface area (TPSA) is 46.9 Å². The molecule has 0 spiro atoms. The van der Waals surface area contributed by atoms with Crippen LogP contribution in [0.3, 0.4) is 0 Å². The molecule has 1 heterocycles. The molecule has 4 nitrogen and oxygen atoms in total. The Labute approximate surface area is 196 Å². The highest BCUT2D eigenvalue weighted by Gasteiger charge is 2.11. The zero-order valence-electron chi connectivity index (χ0n) is 19.5. The molecule has 0 atom stereocenters. The van der Waals surface area contributed by atoms with Crippen molar-refractivity contribution in [1.29, 1.82) is 0 Å². The lowest BCUT2D eigenvalue weighted by Gasteiger charge is -2.10. The number of nitrogens with zero attached hydrogens (tertiary/aromatic N) is 2. The molecule has 1 aromatic heterocycles. The van der Waals surface area contributed by atoms with Crippen molar-refractivity contribution in [3.8, 4) is 0 Å². The second-order valence-corrected chi connectivity index (χ2v) is 8.74. The minimum Gasteiger partial charge on any atom is -0.356 e. The Morgan fingerprint density at radius 2 is 1.64 bits per heavy atom. The van der Waals surface area contributed by atoms with Gasteiger partial charge < -0.3 is 9.88 Å². The first-order valence-corrected chi connectivity index (χ1v) is 12.0. The Morgan fingerprint density at radius 1 is 0.848 bits per heavy atom. The molecule has 0 radical (unpaired) electrons. The van der Waals surface area contributed by atoms with Crippen LogP contribution in [0.25, 0.3) is 11.0 Å². The zero-order chi connectivity index (χ0) is 22.9.